The molecule has 146 valence electrons. The van der Waals surface area contributed by atoms with Gasteiger partial charge < -0.3 is 5.32 Å². The molecule has 1 amide bonds. The summed E-state index contributed by atoms with van der Waals surface area (Å²) in [6, 6.07) is 9.61. The van der Waals surface area contributed by atoms with E-state index in [1.807, 2.05) is 19.1 Å². The fraction of sp³-hybridized carbons (Fsp3) is 0.278. The second-order valence-corrected chi connectivity index (χ2v) is 9.86. The van der Waals surface area contributed by atoms with Gasteiger partial charge in [-0.05, 0) is 55.7 Å². The topological polar surface area (TPSA) is 92.3 Å². The molecule has 0 radical (unpaired) electrons. The lowest BCUT2D eigenvalue weighted by molar-refractivity contribution is -0.119. The van der Waals surface area contributed by atoms with E-state index >= 15 is 0 Å². The third-order valence-corrected chi connectivity index (χ3v) is 8.14. The Labute approximate surface area is 175 Å². The summed E-state index contributed by atoms with van der Waals surface area (Å²) in [6.45, 7) is 2.22. The molecule has 1 N–H and O–H groups in total. The third-order valence-electron chi connectivity index (χ3n) is 4.77. The zero-order valence-corrected chi connectivity index (χ0v) is 18.1. The average Bonchev–Trinajstić information content (AvgIpc) is 3.33. The average molecular weight is 481 g/mol. The Kier molecular flexibility index (Phi) is 5.21. The number of aromatic nitrogens is 2. The van der Waals surface area contributed by atoms with Crippen LogP contribution >= 0.6 is 27.7 Å². The zero-order chi connectivity index (χ0) is 19.9. The number of halogens is 1. The van der Waals surface area contributed by atoms with E-state index in [1.165, 1.54) is 10.4 Å². The van der Waals surface area contributed by atoms with Gasteiger partial charge in [0.15, 0.2) is 0 Å². The van der Waals surface area contributed by atoms with Crippen molar-refractivity contribution < 1.29 is 13.2 Å². The Morgan fingerprint density at radius 3 is 2.89 bits per heavy atom. The number of fused-ring (bicyclic) bond motifs is 1. The first-order valence-electron chi connectivity index (χ1n) is 8.68. The van der Waals surface area contributed by atoms with Crippen LogP contribution in [0.3, 0.4) is 0 Å². The summed E-state index contributed by atoms with van der Waals surface area (Å²) in [6.07, 6.45) is 1.10. The van der Waals surface area contributed by atoms with E-state index in [9.17, 15) is 13.2 Å². The number of amides is 1. The zero-order valence-electron chi connectivity index (χ0n) is 14.9. The normalized spacial score (nSPS) is 17.9. The quantitative estimate of drug-likeness (QED) is 0.616. The molecule has 1 aromatic heterocycles. The van der Waals surface area contributed by atoms with E-state index in [-0.39, 0.29) is 10.8 Å². The number of anilines is 1. The number of hydrogen-bond acceptors (Lipinski definition) is 6. The minimum Gasteiger partial charge on any atom is -0.325 e. The summed E-state index contributed by atoms with van der Waals surface area (Å²) in [4.78, 5) is 13.0. The van der Waals surface area contributed by atoms with Crippen LogP contribution in [0.1, 0.15) is 18.4 Å². The maximum atomic E-state index is 13.3. The fourth-order valence-corrected chi connectivity index (χ4v) is 6.01. The van der Waals surface area contributed by atoms with E-state index in [4.69, 9.17) is 0 Å². The smallest absolute Gasteiger partial charge is 0.246 e. The predicted octanol–water partition coefficient (Wildman–Crippen LogP) is 3.55. The summed E-state index contributed by atoms with van der Waals surface area (Å²) in [5, 5.41) is 2.85. The van der Waals surface area contributed by atoms with E-state index in [2.05, 4.69) is 30.0 Å². The van der Waals surface area contributed by atoms with Crippen molar-refractivity contribution in [2.24, 2.45) is 0 Å². The van der Waals surface area contributed by atoms with Gasteiger partial charge in [0.05, 0.1) is 11.7 Å². The van der Waals surface area contributed by atoms with Crippen molar-refractivity contribution in [1.82, 2.24) is 13.1 Å². The number of benzene rings is 2. The molecular formula is C18H17BrN4O3S2. The summed E-state index contributed by atoms with van der Waals surface area (Å²) < 4.78 is 37.0. The minimum atomic E-state index is -3.87. The first kappa shape index (κ1) is 19.4. The molecule has 1 aliphatic heterocycles. The van der Waals surface area contributed by atoms with Gasteiger partial charge in [0.2, 0.25) is 15.9 Å². The molecule has 1 unspecified atom stereocenters. The highest BCUT2D eigenvalue weighted by Gasteiger charge is 2.40. The molecule has 1 saturated heterocycles. The van der Waals surface area contributed by atoms with E-state index < -0.39 is 16.1 Å². The highest BCUT2D eigenvalue weighted by atomic mass is 79.9. The van der Waals surface area contributed by atoms with Gasteiger partial charge in [-0.25, -0.2) is 8.42 Å². The van der Waals surface area contributed by atoms with Crippen LogP contribution in [-0.4, -0.2) is 40.0 Å². The van der Waals surface area contributed by atoms with Crippen LogP contribution in [0.2, 0.25) is 0 Å². The number of nitrogens with zero attached hydrogens (tertiary/aromatic N) is 3. The Morgan fingerprint density at radius 2 is 2.11 bits per heavy atom. The van der Waals surface area contributed by atoms with Crippen LogP contribution in [0.5, 0.6) is 0 Å². The van der Waals surface area contributed by atoms with E-state index in [0.717, 1.165) is 21.8 Å². The molecule has 0 saturated carbocycles. The van der Waals surface area contributed by atoms with Crippen LogP contribution in [0.15, 0.2) is 45.8 Å². The SMILES string of the molecule is Cc1cc(NC(=O)C2CCCN2S(=O)(=O)c2cccc3nsnc23)ccc1Br. The largest absolute Gasteiger partial charge is 0.325 e. The van der Waals surface area contributed by atoms with Crippen LogP contribution in [0, 0.1) is 6.92 Å². The van der Waals surface area contributed by atoms with Gasteiger partial charge >= 0.3 is 0 Å². The predicted molar refractivity (Wildman–Crippen MR) is 112 cm³/mol. The van der Waals surface area contributed by atoms with Crippen molar-refractivity contribution in [3.8, 4) is 0 Å². The number of rotatable bonds is 4. The van der Waals surface area contributed by atoms with Crippen molar-refractivity contribution in [3.05, 3.63) is 46.4 Å². The molecular weight excluding hydrogens is 464 g/mol. The van der Waals surface area contributed by atoms with Crippen LogP contribution < -0.4 is 5.32 Å². The molecule has 0 aliphatic carbocycles. The van der Waals surface area contributed by atoms with Gasteiger partial charge in [-0.15, -0.1) is 0 Å². The number of aryl methyl sites for hydroxylation is 1. The lowest BCUT2D eigenvalue weighted by Gasteiger charge is -2.23. The number of hydrogen-bond donors (Lipinski definition) is 1. The van der Waals surface area contributed by atoms with Crippen molar-refractivity contribution in [1.29, 1.82) is 0 Å². The molecule has 7 nitrogen and oxygen atoms in total. The second-order valence-electron chi connectivity index (χ2n) is 6.62. The maximum Gasteiger partial charge on any atom is 0.246 e. The van der Waals surface area contributed by atoms with E-state index in [0.29, 0.717) is 36.1 Å². The Hall–Kier alpha value is -1.88. The van der Waals surface area contributed by atoms with Gasteiger partial charge in [-0.1, -0.05) is 22.0 Å². The summed E-state index contributed by atoms with van der Waals surface area (Å²) >= 11 is 4.40. The molecule has 0 bridgehead atoms. The number of nitrogens with one attached hydrogen (secondary N) is 1. The van der Waals surface area contributed by atoms with Crippen LogP contribution in [0.25, 0.3) is 11.0 Å². The van der Waals surface area contributed by atoms with Gasteiger partial charge in [0, 0.05) is 16.7 Å². The Morgan fingerprint density at radius 1 is 1.29 bits per heavy atom. The minimum absolute atomic E-state index is 0.0953. The molecule has 1 aliphatic rings. The lowest BCUT2D eigenvalue weighted by atomic mass is 10.2. The van der Waals surface area contributed by atoms with Crippen molar-refractivity contribution in [2.75, 3.05) is 11.9 Å². The maximum absolute atomic E-state index is 13.3. The van der Waals surface area contributed by atoms with Gasteiger partial charge in [-0.3, -0.25) is 4.79 Å². The van der Waals surface area contributed by atoms with Crippen molar-refractivity contribution in [3.63, 3.8) is 0 Å². The molecule has 4 rings (SSSR count). The highest BCUT2D eigenvalue weighted by molar-refractivity contribution is 9.10. The third kappa shape index (κ3) is 3.45. The summed E-state index contributed by atoms with van der Waals surface area (Å²) in [5.41, 5.74) is 2.51. The number of carbonyl (C=O) groups is 1. The van der Waals surface area contributed by atoms with Crippen LogP contribution in [-0.2, 0) is 14.8 Å². The van der Waals surface area contributed by atoms with Gasteiger partial charge in [-0.2, -0.15) is 13.1 Å². The molecule has 0 spiro atoms. The molecule has 1 atom stereocenters. The number of sulfonamides is 1. The van der Waals surface area contributed by atoms with Gasteiger partial charge in [0.1, 0.15) is 22.0 Å². The Balaban J connectivity index is 1.63. The van der Waals surface area contributed by atoms with Crippen molar-refractivity contribution >= 4 is 60.3 Å². The van der Waals surface area contributed by atoms with Crippen molar-refractivity contribution in [2.45, 2.75) is 30.7 Å². The lowest BCUT2D eigenvalue weighted by Crippen LogP contribution is -2.43. The first-order chi connectivity index (χ1) is 13.4. The Bertz CT molecular complexity index is 1160. The molecule has 10 heteroatoms. The van der Waals surface area contributed by atoms with Crippen LogP contribution in [0.4, 0.5) is 5.69 Å². The molecule has 28 heavy (non-hydrogen) atoms. The molecule has 2 heterocycles. The first-order valence-corrected chi connectivity index (χ1v) is 11.6. The summed E-state index contributed by atoms with van der Waals surface area (Å²) in [7, 11) is -3.87. The molecule has 1 fully saturated rings. The number of carbonyl (C=O) groups excluding carboxylic acids is 1. The highest BCUT2D eigenvalue weighted by Crippen LogP contribution is 2.30. The fourth-order valence-electron chi connectivity index (χ4n) is 3.35. The second kappa shape index (κ2) is 7.51. The standard InChI is InChI=1S/C18H17BrN4O3S2/c1-11-10-12(7-8-13(11)19)20-18(24)15-5-3-9-23(15)28(25,26)16-6-2-4-14-17(16)22-27-21-14/h2,4,6-8,10,15H,3,5,9H2,1H3,(H,20,24). The molecule has 3 aromatic rings. The van der Waals surface area contributed by atoms with Gasteiger partial charge in [0.25, 0.3) is 0 Å². The molecule has 2 aromatic carbocycles. The summed E-state index contributed by atoms with van der Waals surface area (Å²) in [5.74, 6) is -0.327. The van der Waals surface area contributed by atoms with E-state index in [1.54, 1.807) is 18.2 Å². The monoisotopic (exact) mass is 480 g/mol.